The highest BCUT2D eigenvalue weighted by molar-refractivity contribution is 5.69. The molecule has 1 aromatic rings. The fourth-order valence-corrected chi connectivity index (χ4v) is 2.00. The third kappa shape index (κ3) is 2.78. The summed E-state index contributed by atoms with van der Waals surface area (Å²) in [5.74, 6) is 0.730. The molecule has 0 saturated carbocycles. The molecule has 2 rings (SSSR count). The Morgan fingerprint density at radius 3 is 2.94 bits per heavy atom. The van der Waals surface area contributed by atoms with Gasteiger partial charge in [0.15, 0.2) is 5.76 Å². The third-order valence-electron chi connectivity index (χ3n) is 2.67. The first-order valence-corrected chi connectivity index (χ1v) is 5.87. The number of carbonyl (C=O) groups is 1. The van der Waals surface area contributed by atoms with Crippen LogP contribution in [0.5, 0.6) is 0 Å². The number of nitrogens with zero attached hydrogens (tertiary/aromatic N) is 2. The average Bonchev–Trinajstić information content (AvgIpc) is 2.85. The first kappa shape index (κ1) is 12.0. The van der Waals surface area contributed by atoms with E-state index >= 15 is 0 Å². The molecule has 0 aliphatic carbocycles. The summed E-state index contributed by atoms with van der Waals surface area (Å²) in [6, 6.07) is 1.76. The molecule has 0 unspecified atom stereocenters. The number of hydrogen-bond donors (Lipinski definition) is 0. The monoisotopic (exact) mass is 238 g/mol. The molecule has 0 radical (unpaired) electrons. The molecule has 17 heavy (non-hydrogen) atoms. The number of likely N-dealkylation sites (tertiary alicyclic amines) is 1. The molecule has 0 aromatic carbocycles. The van der Waals surface area contributed by atoms with Gasteiger partial charge < -0.3 is 9.26 Å². The zero-order valence-corrected chi connectivity index (χ0v) is 10.5. The summed E-state index contributed by atoms with van der Waals surface area (Å²) in [4.78, 5) is 13.7. The lowest BCUT2D eigenvalue weighted by Gasteiger charge is -2.27. The van der Waals surface area contributed by atoms with Crippen molar-refractivity contribution in [1.82, 2.24) is 10.1 Å². The van der Waals surface area contributed by atoms with E-state index in [1.54, 1.807) is 17.2 Å². The maximum absolute atomic E-state index is 12.0. The molecule has 5 heteroatoms. The van der Waals surface area contributed by atoms with Crippen LogP contribution < -0.4 is 0 Å². The number of amides is 1. The molecule has 0 N–H and O–H groups in total. The Hall–Kier alpha value is -1.52. The lowest BCUT2D eigenvalue weighted by Crippen LogP contribution is -2.36. The van der Waals surface area contributed by atoms with Gasteiger partial charge in [0, 0.05) is 12.6 Å². The van der Waals surface area contributed by atoms with E-state index in [1.807, 2.05) is 20.8 Å². The molecular weight excluding hydrogens is 220 g/mol. The summed E-state index contributed by atoms with van der Waals surface area (Å²) in [5, 5.41) is 3.68. The van der Waals surface area contributed by atoms with Crippen LogP contribution in [0.3, 0.4) is 0 Å². The minimum Gasteiger partial charge on any atom is -0.444 e. The molecule has 1 atom stereocenters. The molecule has 1 saturated heterocycles. The van der Waals surface area contributed by atoms with Crippen molar-refractivity contribution in [2.24, 2.45) is 0 Å². The van der Waals surface area contributed by atoms with E-state index in [1.165, 1.54) is 0 Å². The van der Waals surface area contributed by atoms with E-state index in [0.29, 0.717) is 6.54 Å². The zero-order chi connectivity index (χ0) is 12.5. The van der Waals surface area contributed by atoms with Crippen molar-refractivity contribution in [2.75, 3.05) is 6.54 Å². The molecule has 1 fully saturated rings. The predicted molar refractivity (Wildman–Crippen MR) is 61.4 cm³/mol. The van der Waals surface area contributed by atoms with Crippen molar-refractivity contribution in [3.63, 3.8) is 0 Å². The van der Waals surface area contributed by atoms with Gasteiger partial charge in [0.25, 0.3) is 0 Å². The van der Waals surface area contributed by atoms with Crippen LogP contribution >= 0.6 is 0 Å². The smallest absolute Gasteiger partial charge is 0.410 e. The molecule has 1 aliphatic heterocycles. The van der Waals surface area contributed by atoms with Crippen LogP contribution in [0.15, 0.2) is 16.8 Å². The Balaban J connectivity index is 2.07. The molecule has 1 amide bonds. The van der Waals surface area contributed by atoms with Gasteiger partial charge in [0.2, 0.25) is 0 Å². The van der Waals surface area contributed by atoms with Gasteiger partial charge in [-0.25, -0.2) is 4.79 Å². The van der Waals surface area contributed by atoms with Crippen LogP contribution in [0.25, 0.3) is 0 Å². The summed E-state index contributed by atoms with van der Waals surface area (Å²) < 4.78 is 10.5. The van der Waals surface area contributed by atoms with Gasteiger partial charge in [-0.15, -0.1) is 0 Å². The van der Waals surface area contributed by atoms with E-state index in [-0.39, 0.29) is 12.1 Å². The Kier molecular flexibility index (Phi) is 3.09. The molecule has 94 valence electrons. The predicted octanol–water partition coefficient (Wildman–Crippen LogP) is 2.75. The standard InChI is InChI=1S/C12H18N2O3/c1-12(2,3)16-11(15)14-8-4-5-9(14)10-6-7-13-17-10/h6-7,9H,4-5,8H2,1-3H3/t9-/m1/s1. The van der Waals surface area contributed by atoms with Crippen molar-refractivity contribution in [3.8, 4) is 0 Å². The van der Waals surface area contributed by atoms with E-state index in [9.17, 15) is 4.79 Å². The van der Waals surface area contributed by atoms with Crippen molar-refractivity contribution in [3.05, 3.63) is 18.0 Å². The highest BCUT2D eigenvalue weighted by Crippen LogP contribution is 2.32. The van der Waals surface area contributed by atoms with Crippen molar-refractivity contribution >= 4 is 6.09 Å². The molecule has 0 bridgehead atoms. The number of ether oxygens (including phenoxy) is 1. The summed E-state index contributed by atoms with van der Waals surface area (Å²) in [6.45, 7) is 6.31. The Morgan fingerprint density at radius 1 is 1.59 bits per heavy atom. The fraction of sp³-hybridized carbons (Fsp3) is 0.667. The van der Waals surface area contributed by atoms with E-state index in [4.69, 9.17) is 9.26 Å². The van der Waals surface area contributed by atoms with Crippen LogP contribution in [0.4, 0.5) is 4.79 Å². The molecule has 5 nitrogen and oxygen atoms in total. The topological polar surface area (TPSA) is 55.6 Å². The second kappa shape index (κ2) is 4.39. The van der Waals surface area contributed by atoms with Crippen LogP contribution in [0.1, 0.15) is 45.4 Å². The highest BCUT2D eigenvalue weighted by atomic mass is 16.6. The number of aromatic nitrogens is 1. The lowest BCUT2D eigenvalue weighted by molar-refractivity contribution is 0.0204. The Morgan fingerprint density at radius 2 is 2.35 bits per heavy atom. The normalized spacial score (nSPS) is 20.6. The lowest BCUT2D eigenvalue weighted by atomic mass is 10.2. The summed E-state index contributed by atoms with van der Waals surface area (Å²) in [5.41, 5.74) is -0.467. The second-order valence-corrected chi connectivity index (χ2v) is 5.25. The first-order chi connectivity index (χ1) is 7.97. The van der Waals surface area contributed by atoms with E-state index < -0.39 is 5.60 Å². The molecule has 1 aromatic heterocycles. The van der Waals surface area contributed by atoms with Gasteiger partial charge in [-0.2, -0.15) is 0 Å². The maximum atomic E-state index is 12.0. The van der Waals surface area contributed by atoms with Crippen molar-refractivity contribution in [2.45, 2.75) is 45.3 Å². The van der Waals surface area contributed by atoms with E-state index in [0.717, 1.165) is 18.6 Å². The number of carbonyl (C=O) groups excluding carboxylic acids is 1. The molecular formula is C12H18N2O3. The summed E-state index contributed by atoms with van der Waals surface area (Å²) >= 11 is 0. The van der Waals surface area contributed by atoms with Gasteiger partial charge in [-0.3, -0.25) is 4.90 Å². The average molecular weight is 238 g/mol. The maximum Gasteiger partial charge on any atom is 0.410 e. The van der Waals surface area contributed by atoms with Crippen molar-refractivity contribution < 1.29 is 14.1 Å². The van der Waals surface area contributed by atoms with Crippen molar-refractivity contribution in [1.29, 1.82) is 0 Å². The Labute approximate surface area is 101 Å². The second-order valence-electron chi connectivity index (χ2n) is 5.25. The summed E-state index contributed by atoms with van der Waals surface area (Å²) in [6.07, 6.45) is 3.18. The van der Waals surface area contributed by atoms with Gasteiger partial charge >= 0.3 is 6.09 Å². The van der Waals surface area contributed by atoms with Gasteiger partial charge in [0.1, 0.15) is 5.60 Å². The molecule has 2 heterocycles. The van der Waals surface area contributed by atoms with E-state index in [2.05, 4.69) is 5.16 Å². The van der Waals surface area contributed by atoms with Crippen LogP contribution in [-0.2, 0) is 4.74 Å². The Bertz CT molecular complexity index is 381. The minimum atomic E-state index is -0.467. The third-order valence-corrected chi connectivity index (χ3v) is 2.67. The van der Waals surface area contributed by atoms with Gasteiger partial charge in [-0.1, -0.05) is 5.16 Å². The SMILES string of the molecule is CC(C)(C)OC(=O)N1CCC[C@@H]1c1ccno1. The highest BCUT2D eigenvalue weighted by Gasteiger charge is 2.34. The van der Waals surface area contributed by atoms with Crippen LogP contribution in [0, 0.1) is 0 Å². The van der Waals surface area contributed by atoms with Crippen LogP contribution in [-0.4, -0.2) is 28.3 Å². The molecule has 1 aliphatic rings. The fourth-order valence-electron chi connectivity index (χ4n) is 2.00. The summed E-state index contributed by atoms with van der Waals surface area (Å²) in [7, 11) is 0. The van der Waals surface area contributed by atoms with Gasteiger partial charge in [0.05, 0.1) is 12.2 Å². The zero-order valence-electron chi connectivity index (χ0n) is 10.5. The quantitative estimate of drug-likeness (QED) is 0.754. The van der Waals surface area contributed by atoms with Gasteiger partial charge in [-0.05, 0) is 33.6 Å². The number of rotatable bonds is 1. The minimum absolute atomic E-state index is 0.0349. The largest absolute Gasteiger partial charge is 0.444 e. The first-order valence-electron chi connectivity index (χ1n) is 5.87. The number of hydrogen-bond acceptors (Lipinski definition) is 4. The van der Waals surface area contributed by atoms with Crippen LogP contribution in [0.2, 0.25) is 0 Å². The molecule has 0 spiro atoms.